The number of fused-ring (bicyclic) bond motifs is 3. The van der Waals surface area contributed by atoms with Gasteiger partial charge >= 0.3 is 0 Å². The minimum atomic E-state index is -0.103. The highest BCUT2D eigenvalue weighted by Crippen LogP contribution is 2.32. The summed E-state index contributed by atoms with van der Waals surface area (Å²) in [6.07, 6.45) is 0. The molecule has 23 heavy (non-hydrogen) atoms. The second kappa shape index (κ2) is 4.98. The Morgan fingerprint density at radius 1 is 1.13 bits per heavy atom. The molecule has 5 heteroatoms. The third kappa shape index (κ3) is 2.01. The molecule has 0 aliphatic carbocycles. The number of nitrogens with zero attached hydrogens (tertiary/aromatic N) is 2. The largest absolute Gasteiger partial charge is 0.497 e. The van der Waals surface area contributed by atoms with Crippen LogP contribution in [0.2, 0.25) is 0 Å². The number of carbonyl (C=O) groups excluding carboxylic acids is 1. The van der Waals surface area contributed by atoms with Crippen LogP contribution in [0, 0.1) is 0 Å². The first-order valence-corrected chi connectivity index (χ1v) is 7.24. The molecular weight excluding hydrogens is 292 g/mol. The van der Waals surface area contributed by atoms with Gasteiger partial charge in [0.15, 0.2) is 0 Å². The molecule has 2 aromatic carbocycles. The Labute approximate surface area is 132 Å². The number of methoxy groups -OCH3 is 1. The predicted octanol–water partition coefficient (Wildman–Crippen LogP) is 4.12. The van der Waals surface area contributed by atoms with Crippen LogP contribution in [0.3, 0.4) is 0 Å². The average molecular weight is 306 g/mol. The molecule has 0 N–H and O–H groups in total. The van der Waals surface area contributed by atoms with Gasteiger partial charge in [-0.15, -0.1) is 0 Å². The summed E-state index contributed by atoms with van der Waals surface area (Å²) in [7, 11) is 1.62. The minimum Gasteiger partial charge on any atom is -0.497 e. The van der Waals surface area contributed by atoms with Gasteiger partial charge in [-0.05, 0) is 30.3 Å². The Hall–Kier alpha value is -3.08. The van der Waals surface area contributed by atoms with Crippen LogP contribution in [0.25, 0.3) is 33.6 Å². The molecule has 0 unspecified atom stereocenters. The molecule has 2 heterocycles. The summed E-state index contributed by atoms with van der Waals surface area (Å²) in [5, 5.41) is 0.904. The highest BCUT2D eigenvalue weighted by molar-refractivity contribution is 6.10. The van der Waals surface area contributed by atoms with Gasteiger partial charge in [-0.1, -0.05) is 18.2 Å². The molecule has 0 amide bonds. The highest BCUT2D eigenvalue weighted by atomic mass is 16.5. The molecule has 0 fully saturated rings. The van der Waals surface area contributed by atoms with Crippen molar-refractivity contribution in [2.45, 2.75) is 6.92 Å². The Morgan fingerprint density at radius 2 is 1.87 bits per heavy atom. The topological polar surface area (TPSA) is 57.3 Å². The van der Waals surface area contributed by atoms with Crippen LogP contribution in [0.4, 0.5) is 0 Å². The molecule has 0 atom stereocenters. The fraction of sp³-hybridized carbons (Fsp3) is 0.111. The van der Waals surface area contributed by atoms with Crippen molar-refractivity contribution < 1.29 is 13.9 Å². The lowest BCUT2D eigenvalue weighted by molar-refractivity contribution is 0.0943. The lowest BCUT2D eigenvalue weighted by Gasteiger charge is -2.01. The molecule has 4 aromatic rings. The molecule has 4 rings (SSSR count). The van der Waals surface area contributed by atoms with Crippen molar-refractivity contribution in [2.75, 3.05) is 7.11 Å². The number of oxazole rings is 1. The van der Waals surface area contributed by atoms with Crippen molar-refractivity contribution >= 4 is 28.0 Å². The van der Waals surface area contributed by atoms with Crippen molar-refractivity contribution in [2.24, 2.45) is 0 Å². The van der Waals surface area contributed by atoms with Gasteiger partial charge < -0.3 is 9.15 Å². The van der Waals surface area contributed by atoms with Gasteiger partial charge in [0.1, 0.15) is 11.3 Å². The van der Waals surface area contributed by atoms with E-state index in [0.717, 1.165) is 22.2 Å². The number of hydrogen-bond donors (Lipinski definition) is 0. The van der Waals surface area contributed by atoms with Gasteiger partial charge in [0.25, 0.3) is 0 Å². The second-order valence-electron chi connectivity index (χ2n) is 5.27. The third-order valence-electron chi connectivity index (χ3n) is 3.86. The third-order valence-corrected chi connectivity index (χ3v) is 3.86. The zero-order valence-electron chi connectivity index (χ0n) is 12.7. The van der Waals surface area contributed by atoms with E-state index in [9.17, 15) is 4.79 Å². The van der Waals surface area contributed by atoms with Gasteiger partial charge in [-0.2, -0.15) is 0 Å². The van der Waals surface area contributed by atoms with E-state index in [2.05, 4.69) is 4.98 Å². The summed E-state index contributed by atoms with van der Waals surface area (Å²) in [4.78, 5) is 16.6. The summed E-state index contributed by atoms with van der Waals surface area (Å²) < 4.78 is 12.6. The highest BCUT2D eigenvalue weighted by Gasteiger charge is 2.20. The second-order valence-corrected chi connectivity index (χ2v) is 5.27. The van der Waals surface area contributed by atoms with Crippen LogP contribution in [0.5, 0.6) is 5.75 Å². The molecule has 2 aromatic heterocycles. The summed E-state index contributed by atoms with van der Waals surface area (Å²) in [5.41, 5.74) is 2.81. The molecule has 0 aliphatic heterocycles. The number of para-hydroxylation sites is 1. The Morgan fingerprint density at radius 3 is 2.57 bits per heavy atom. The van der Waals surface area contributed by atoms with Crippen molar-refractivity contribution in [1.82, 2.24) is 9.55 Å². The number of aromatic nitrogens is 2. The normalized spacial score (nSPS) is 11.2. The van der Waals surface area contributed by atoms with E-state index in [1.165, 1.54) is 6.92 Å². The lowest BCUT2D eigenvalue weighted by Crippen LogP contribution is -2.03. The molecule has 0 bridgehead atoms. The van der Waals surface area contributed by atoms with Crippen molar-refractivity contribution in [1.29, 1.82) is 0 Å². The number of hydrogen-bond acceptors (Lipinski definition) is 4. The fourth-order valence-electron chi connectivity index (χ4n) is 2.79. The van der Waals surface area contributed by atoms with Gasteiger partial charge in [0.05, 0.1) is 12.6 Å². The Bertz CT molecular complexity index is 1030. The molecule has 0 saturated heterocycles. The van der Waals surface area contributed by atoms with Gasteiger partial charge in [0.2, 0.25) is 17.5 Å². The molecule has 0 spiro atoms. The summed E-state index contributed by atoms with van der Waals surface area (Å²) >= 11 is 0. The summed E-state index contributed by atoms with van der Waals surface area (Å²) in [6, 6.07) is 15.1. The number of ether oxygens (including phenoxy) is 1. The van der Waals surface area contributed by atoms with E-state index in [1.54, 1.807) is 11.7 Å². The first kappa shape index (κ1) is 13.6. The molecule has 5 nitrogen and oxygen atoms in total. The molecule has 0 radical (unpaired) electrons. The van der Waals surface area contributed by atoms with Gasteiger partial charge in [-0.3, -0.25) is 4.79 Å². The van der Waals surface area contributed by atoms with Crippen LogP contribution >= 0.6 is 0 Å². The van der Waals surface area contributed by atoms with E-state index in [4.69, 9.17) is 9.15 Å². The Balaban J connectivity index is 1.97. The van der Waals surface area contributed by atoms with E-state index in [0.29, 0.717) is 17.1 Å². The van der Waals surface area contributed by atoms with Crippen molar-refractivity contribution in [3.63, 3.8) is 0 Å². The predicted molar refractivity (Wildman–Crippen MR) is 87.8 cm³/mol. The number of rotatable bonds is 2. The van der Waals surface area contributed by atoms with Crippen LogP contribution in [0.15, 0.2) is 52.9 Å². The van der Waals surface area contributed by atoms with E-state index >= 15 is 0 Å². The van der Waals surface area contributed by atoms with Crippen molar-refractivity contribution in [3.05, 3.63) is 48.5 Å². The maximum absolute atomic E-state index is 12.0. The Kier molecular flexibility index (Phi) is 2.94. The first-order valence-electron chi connectivity index (χ1n) is 7.24. The summed E-state index contributed by atoms with van der Waals surface area (Å²) in [5.74, 6) is 1.15. The molecule has 0 aliphatic rings. The van der Waals surface area contributed by atoms with Gasteiger partial charge in [-0.25, -0.2) is 9.55 Å². The standard InChI is InChI=1S/C18H14N2O3/c1-11(21)20-15-6-4-3-5-14(15)16-18(20)23-17(19-16)12-7-9-13(22-2)10-8-12/h3-10H,1-2H3. The van der Waals surface area contributed by atoms with Crippen LogP contribution in [0.1, 0.15) is 11.7 Å². The SMILES string of the molecule is COc1ccc(-c2nc3c4ccccc4n(C(C)=O)c3o2)cc1. The number of carbonyl (C=O) groups is 1. The smallest absolute Gasteiger partial charge is 0.236 e. The number of benzene rings is 2. The molecular formula is C18H14N2O3. The minimum absolute atomic E-state index is 0.103. The van der Waals surface area contributed by atoms with Crippen LogP contribution in [-0.2, 0) is 0 Å². The first-order chi connectivity index (χ1) is 11.2. The van der Waals surface area contributed by atoms with E-state index in [-0.39, 0.29) is 5.91 Å². The van der Waals surface area contributed by atoms with Crippen LogP contribution in [-0.4, -0.2) is 22.6 Å². The fourth-order valence-corrected chi connectivity index (χ4v) is 2.79. The molecule has 114 valence electrons. The monoisotopic (exact) mass is 306 g/mol. The quantitative estimate of drug-likeness (QED) is 0.559. The van der Waals surface area contributed by atoms with E-state index in [1.807, 2.05) is 48.5 Å². The van der Waals surface area contributed by atoms with Crippen LogP contribution < -0.4 is 4.74 Å². The zero-order chi connectivity index (χ0) is 16.0. The summed E-state index contributed by atoms with van der Waals surface area (Å²) in [6.45, 7) is 1.52. The maximum atomic E-state index is 12.0. The maximum Gasteiger partial charge on any atom is 0.236 e. The molecule has 0 saturated carbocycles. The average Bonchev–Trinajstić information content (AvgIpc) is 3.11. The lowest BCUT2D eigenvalue weighted by atomic mass is 10.2. The van der Waals surface area contributed by atoms with E-state index < -0.39 is 0 Å². The van der Waals surface area contributed by atoms with Gasteiger partial charge in [0, 0.05) is 17.9 Å². The zero-order valence-corrected chi connectivity index (χ0v) is 12.7. The van der Waals surface area contributed by atoms with Crippen molar-refractivity contribution in [3.8, 4) is 17.2 Å².